The van der Waals surface area contributed by atoms with E-state index in [0.717, 1.165) is 41.1 Å². The molecule has 3 aromatic rings. The van der Waals surface area contributed by atoms with Gasteiger partial charge in [-0.1, -0.05) is 23.5 Å². The Labute approximate surface area is 154 Å². The van der Waals surface area contributed by atoms with Gasteiger partial charge in [-0.3, -0.25) is 4.79 Å². The number of para-hydroxylation sites is 1. The first-order valence-corrected chi connectivity index (χ1v) is 9.43. The molecule has 0 bridgehead atoms. The summed E-state index contributed by atoms with van der Waals surface area (Å²) in [4.78, 5) is 12.3. The molecule has 0 spiro atoms. The summed E-state index contributed by atoms with van der Waals surface area (Å²) >= 11 is 1.38. The average Bonchev–Trinajstić information content (AvgIpc) is 3.39. The Balaban J connectivity index is 1.38. The molecule has 1 aliphatic heterocycles. The summed E-state index contributed by atoms with van der Waals surface area (Å²) in [7, 11) is 1.65. The van der Waals surface area contributed by atoms with Gasteiger partial charge < -0.3 is 19.4 Å². The molecule has 1 fully saturated rings. The van der Waals surface area contributed by atoms with E-state index < -0.39 is 0 Å². The second-order valence-electron chi connectivity index (χ2n) is 6.15. The molecule has 1 saturated heterocycles. The van der Waals surface area contributed by atoms with Crippen LogP contribution in [0.1, 0.15) is 30.4 Å². The van der Waals surface area contributed by atoms with Crippen LogP contribution in [-0.2, 0) is 16.1 Å². The first-order valence-electron chi connectivity index (χ1n) is 8.61. The molecule has 136 valence electrons. The molecule has 1 amide bonds. The summed E-state index contributed by atoms with van der Waals surface area (Å²) in [5.41, 5.74) is 0.999. The number of nitrogens with one attached hydrogen (secondary N) is 1. The van der Waals surface area contributed by atoms with Gasteiger partial charge in [-0.2, -0.15) is 0 Å². The lowest BCUT2D eigenvalue weighted by atomic mass is 10.2. The molecule has 1 atom stereocenters. The van der Waals surface area contributed by atoms with Crippen LogP contribution in [0.2, 0.25) is 0 Å². The van der Waals surface area contributed by atoms with Crippen molar-refractivity contribution in [2.24, 2.45) is 0 Å². The van der Waals surface area contributed by atoms with Crippen molar-refractivity contribution in [1.29, 1.82) is 0 Å². The van der Waals surface area contributed by atoms with Gasteiger partial charge in [0.15, 0.2) is 0 Å². The molecule has 7 nitrogen and oxygen atoms in total. The summed E-state index contributed by atoms with van der Waals surface area (Å²) in [6.07, 6.45) is 4.35. The lowest BCUT2D eigenvalue weighted by Crippen LogP contribution is -2.14. The second-order valence-corrected chi connectivity index (χ2v) is 7.16. The van der Waals surface area contributed by atoms with E-state index in [4.69, 9.17) is 9.47 Å². The fourth-order valence-corrected chi connectivity index (χ4v) is 4.01. The number of amides is 1. The quantitative estimate of drug-likeness (QED) is 0.718. The molecule has 4 rings (SSSR count). The predicted octanol–water partition coefficient (Wildman–Crippen LogP) is 3.38. The molecule has 0 aliphatic carbocycles. The van der Waals surface area contributed by atoms with Gasteiger partial charge in [0.25, 0.3) is 0 Å². The van der Waals surface area contributed by atoms with Crippen LogP contribution in [0.5, 0.6) is 5.75 Å². The highest BCUT2D eigenvalue weighted by molar-refractivity contribution is 7.15. The van der Waals surface area contributed by atoms with Gasteiger partial charge in [-0.05, 0) is 25.0 Å². The Morgan fingerprint density at radius 3 is 3.15 bits per heavy atom. The molecular formula is C18H20N4O3S. The molecule has 0 radical (unpaired) electrons. The van der Waals surface area contributed by atoms with Gasteiger partial charge in [0.05, 0.1) is 12.6 Å². The number of carbonyl (C=O) groups excluding carboxylic acids is 1. The third-order valence-corrected chi connectivity index (χ3v) is 5.37. The lowest BCUT2D eigenvalue weighted by Gasteiger charge is -2.08. The van der Waals surface area contributed by atoms with Crippen molar-refractivity contribution in [1.82, 2.24) is 14.8 Å². The summed E-state index contributed by atoms with van der Waals surface area (Å²) < 4.78 is 13.1. The minimum Gasteiger partial charge on any atom is -0.495 e. The number of aromatic nitrogens is 3. The lowest BCUT2D eigenvalue weighted by molar-refractivity contribution is -0.116. The second kappa shape index (κ2) is 7.43. The normalized spacial score (nSPS) is 16.9. The van der Waals surface area contributed by atoms with Crippen molar-refractivity contribution in [2.75, 3.05) is 19.0 Å². The van der Waals surface area contributed by atoms with Gasteiger partial charge in [-0.25, -0.2) is 0 Å². The van der Waals surface area contributed by atoms with Crippen molar-refractivity contribution in [3.8, 4) is 5.75 Å². The maximum atomic E-state index is 12.3. The molecule has 1 aromatic carbocycles. The standard InChI is InChI=1S/C18H20N4O3S/c1-24-13-5-2-4-12-7-9-22(16(12)13)10-8-15(23)19-18-21-20-17(26-18)14-6-3-11-25-14/h2,4-5,7,9,14H,3,6,8,10-11H2,1H3,(H,19,21,23)/t14-/m0/s1. The zero-order valence-corrected chi connectivity index (χ0v) is 15.3. The summed E-state index contributed by atoms with van der Waals surface area (Å²) in [6, 6.07) is 7.93. The van der Waals surface area contributed by atoms with Crippen LogP contribution in [-0.4, -0.2) is 34.4 Å². The number of hydrogen-bond donors (Lipinski definition) is 1. The minimum atomic E-state index is -0.0863. The number of ether oxygens (including phenoxy) is 2. The van der Waals surface area contributed by atoms with E-state index in [1.54, 1.807) is 7.11 Å². The highest BCUT2D eigenvalue weighted by Crippen LogP contribution is 2.32. The summed E-state index contributed by atoms with van der Waals surface area (Å²) in [6.45, 7) is 1.33. The molecular weight excluding hydrogens is 352 g/mol. The first-order chi connectivity index (χ1) is 12.7. The van der Waals surface area contributed by atoms with Crippen LogP contribution >= 0.6 is 11.3 Å². The maximum Gasteiger partial charge on any atom is 0.227 e. The van der Waals surface area contributed by atoms with E-state index >= 15 is 0 Å². The fraction of sp³-hybridized carbons (Fsp3) is 0.389. The van der Waals surface area contributed by atoms with Crippen LogP contribution in [0.15, 0.2) is 30.5 Å². The van der Waals surface area contributed by atoms with E-state index in [0.29, 0.717) is 18.1 Å². The van der Waals surface area contributed by atoms with Gasteiger partial charge in [0, 0.05) is 31.2 Å². The van der Waals surface area contributed by atoms with Gasteiger partial charge in [-0.15, -0.1) is 10.2 Å². The third kappa shape index (κ3) is 3.42. The Bertz CT molecular complexity index is 914. The minimum absolute atomic E-state index is 0.0249. The average molecular weight is 372 g/mol. The van der Waals surface area contributed by atoms with Gasteiger partial charge in [0.1, 0.15) is 16.9 Å². The molecule has 26 heavy (non-hydrogen) atoms. The van der Waals surface area contributed by atoms with E-state index in [1.165, 1.54) is 11.3 Å². The smallest absolute Gasteiger partial charge is 0.227 e. The molecule has 8 heteroatoms. The van der Waals surface area contributed by atoms with Crippen LogP contribution in [0.4, 0.5) is 5.13 Å². The van der Waals surface area contributed by atoms with Crippen molar-refractivity contribution < 1.29 is 14.3 Å². The summed E-state index contributed by atoms with van der Waals surface area (Å²) in [5.74, 6) is 0.718. The van der Waals surface area contributed by atoms with Gasteiger partial charge >= 0.3 is 0 Å². The third-order valence-electron chi connectivity index (χ3n) is 4.44. The number of hydrogen-bond acceptors (Lipinski definition) is 6. The van der Waals surface area contributed by atoms with Crippen molar-refractivity contribution in [3.63, 3.8) is 0 Å². The van der Waals surface area contributed by atoms with E-state index in [9.17, 15) is 4.79 Å². The van der Waals surface area contributed by atoms with Crippen LogP contribution < -0.4 is 10.1 Å². The van der Waals surface area contributed by atoms with Crippen LogP contribution in [0, 0.1) is 0 Å². The first kappa shape index (κ1) is 17.0. The Morgan fingerprint density at radius 1 is 1.42 bits per heavy atom. The zero-order valence-electron chi connectivity index (χ0n) is 14.5. The van der Waals surface area contributed by atoms with Crippen molar-refractivity contribution in [3.05, 3.63) is 35.5 Å². The van der Waals surface area contributed by atoms with E-state index in [2.05, 4.69) is 15.5 Å². The number of fused-ring (bicyclic) bond motifs is 1. The topological polar surface area (TPSA) is 78.3 Å². The molecule has 3 heterocycles. The molecule has 1 aliphatic rings. The van der Waals surface area contributed by atoms with Crippen molar-refractivity contribution >= 4 is 33.3 Å². The molecule has 0 unspecified atom stereocenters. The Kier molecular flexibility index (Phi) is 4.85. The number of benzene rings is 1. The zero-order chi connectivity index (χ0) is 17.9. The molecule has 2 aromatic heterocycles. The molecule has 1 N–H and O–H groups in total. The monoisotopic (exact) mass is 372 g/mol. The number of nitrogens with zero attached hydrogens (tertiary/aromatic N) is 3. The Hall–Kier alpha value is -2.45. The maximum absolute atomic E-state index is 12.3. The number of carbonyl (C=O) groups is 1. The highest BCUT2D eigenvalue weighted by atomic mass is 32.1. The Morgan fingerprint density at radius 2 is 2.35 bits per heavy atom. The highest BCUT2D eigenvalue weighted by Gasteiger charge is 2.22. The van der Waals surface area contributed by atoms with E-state index in [1.807, 2.05) is 35.0 Å². The number of rotatable bonds is 6. The van der Waals surface area contributed by atoms with Crippen LogP contribution in [0.3, 0.4) is 0 Å². The number of aryl methyl sites for hydroxylation is 1. The fourth-order valence-electron chi connectivity index (χ4n) is 3.17. The van der Waals surface area contributed by atoms with E-state index in [-0.39, 0.29) is 12.0 Å². The van der Waals surface area contributed by atoms with Gasteiger partial charge in [0.2, 0.25) is 11.0 Å². The van der Waals surface area contributed by atoms with Crippen LogP contribution in [0.25, 0.3) is 10.9 Å². The SMILES string of the molecule is COc1cccc2ccn(CCC(=O)Nc3nnc([C@@H]4CCCO4)s3)c12. The molecule has 0 saturated carbocycles. The number of methoxy groups -OCH3 is 1. The number of anilines is 1. The summed E-state index contributed by atoms with van der Waals surface area (Å²) in [5, 5.41) is 13.5. The van der Waals surface area contributed by atoms with Crippen molar-refractivity contribution in [2.45, 2.75) is 31.9 Å². The largest absolute Gasteiger partial charge is 0.495 e. The predicted molar refractivity (Wildman–Crippen MR) is 99.6 cm³/mol.